The first-order valence-corrected chi connectivity index (χ1v) is 9.52. The Morgan fingerprint density at radius 1 is 1.20 bits per heavy atom. The molecule has 1 unspecified atom stereocenters. The van der Waals surface area contributed by atoms with Gasteiger partial charge in [-0.05, 0) is 19.9 Å². The van der Waals surface area contributed by atoms with E-state index in [1.165, 1.54) is 21.4 Å². The highest BCUT2D eigenvalue weighted by atomic mass is 32.2. The molecule has 0 bridgehead atoms. The Kier molecular flexibility index (Phi) is 4.65. The largest absolute Gasteiger partial charge is 0.338 e. The standard InChI is InChI=1S/C15H22N6O3S/c1-12-4-5-16-21(12)13(2)15(22)19-6-8-20(9-7-19)25(23,24)14-10-17-18(3)11-14/h4-5,10-11,13H,6-9H2,1-3H3. The van der Waals surface area contributed by atoms with Crippen molar-refractivity contribution < 1.29 is 13.2 Å². The molecule has 2 aromatic heterocycles. The molecule has 1 amide bonds. The summed E-state index contributed by atoms with van der Waals surface area (Å²) in [6.45, 7) is 4.98. The highest BCUT2D eigenvalue weighted by molar-refractivity contribution is 7.89. The van der Waals surface area contributed by atoms with Crippen LogP contribution in [0.25, 0.3) is 0 Å². The summed E-state index contributed by atoms with van der Waals surface area (Å²) in [4.78, 5) is 14.5. The van der Waals surface area contributed by atoms with Crippen molar-refractivity contribution in [3.05, 3.63) is 30.4 Å². The molecule has 0 saturated carbocycles. The second kappa shape index (κ2) is 6.60. The number of nitrogens with zero attached hydrogens (tertiary/aromatic N) is 6. The molecule has 25 heavy (non-hydrogen) atoms. The van der Waals surface area contributed by atoms with E-state index in [-0.39, 0.29) is 23.9 Å². The summed E-state index contributed by atoms with van der Waals surface area (Å²) in [6.07, 6.45) is 4.49. The van der Waals surface area contributed by atoms with E-state index in [0.717, 1.165) is 5.69 Å². The first kappa shape index (κ1) is 17.6. The average Bonchev–Trinajstić information content (AvgIpc) is 3.22. The van der Waals surface area contributed by atoms with Crippen LogP contribution in [-0.4, -0.2) is 69.3 Å². The van der Waals surface area contributed by atoms with Crippen LogP contribution in [0.5, 0.6) is 0 Å². The van der Waals surface area contributed by atoms with Gasteiger partial charge in [0.2, 0.25) is 15.9 Å². The molecule has 2 aromatic rings. The zero-order valence-corrected chi connectivity index (χ0v) is 15.3. The lowest BCUT2D eigenvalue weighted by Gasteiger charge is -2.35. The number of piperazine rings is 1. The lowest BCUT2D eigenvalue weighted by Crippen LogP contribution is -2.51. The maximum atomic E-state index is 12.7. The van der Waals surface area contributed by atoms with Crippen LogP contribution in [0.2, 0.25) is 0 Å². The molecule has 1 atom stereocenters. The number of amides is 1. The molecule has 3 heterocycles. The molecule has 0 aromatic carbocycles. The Balaban J connectivity index is 1.66. The predicted molar refractivity (Wildman–Crippen MR) is 90.2 cm³/mol. The van der Waals surface area contributed by atoms with Gasteiger partial charge in [-0.15, -0.1) is 0 Å². The summed E-state index contributed by atoms with van der Waals surface area (Å²) in [5, 5.41) is 8.10. The van der Waals surface area contributed by atoms with Crippen molar-refractivity contribution in [3.8, 4) is 0 Å². The molecule has 0 radical (unpaired) electrons. The van der Waals surface area contributed by atoms with E-state index in [4.69, 9.17) is 0 Å². The molecule has 10 heteroatoms. The monoisotopic (exact) mass is 366 g/mol. The van der Waals surface area contributed by atoms with Crippen LogP contribution in [0.3, 0.4) is 0 Å². The van der Waals surface area contributed by atoms with Gasteiger partial charge in [0.25, 0.3) is 0 Å². The van der Waals surface area contributed by atoms with Gasteiger partial charge < -0.3 is 4.90 Å². The number of carbonyl (C=O) groups excluding carboxylic acids is 1. The van der Waals surface area contributed by atoms with Crippen molar-refractivity contribution in [3.63, 3.8) is 0 Å². The Bertz CT molecular complexity index is 863. The molecular weight excluding hydrogens is 344 g/mol. The van der Waals surface area contributed by atoms with E-state index in [9.17, 15) is 13.2 Å². The van der Waals surface area contributed by atoms with Crippen LogP contribution >= 0.6 is 0 Å². The molecule has 1 aliphatic rings. The Hall–Kier alpha value is -2.20. The zero-order chi connectivity index (χ0) is 18.2. The normalized spacial score (nSPS) is 17.6. The Labute approximate surface area is 146 Å². The fraction of sp³-hybridized carbons (Fsp3) is 0.533. The molecule has 0 aliphatic carbocycles. The van der Waals surface area contributed by atoms with E-state index >= 15 is 0 Å². The van der Waals surface area contributed by atoms with Gasteiger partial charge in [0.05, 0.1) is 6.20 Å². The van der Waals surface area contributed by atoms with Crippen molar-refractivity contribution >= 4 is 15.9 Å². The van der Waals surface area contributed by atoms with Crippen molar-refractivity contribution in [1.29, 1.82) is 0 Å². The molecular formula is C15H22N6O3S. The second-order valence-corrected chi connectivity index (χ2v) is 8.11. The fourth-order valence-corrected chi connectivity index (χ4v) is 4.39. The number of hydrogen-bond acceptors (Lipinski definition) is 5. The summed E-state index contributed by atoms with van der Waals surface area (Å²) < 4.78 is 29.7. The van der Waals surface area contributed by atoms with Gasteiger partial charge >= 0.3 is 0 Å². The number of sulfonamides is 1. The lowest BCUT2D eigenvalue weighted by atomic mass is 10.2. The highest BCUT2D eigenvalue weighted by Gasteiger charge is 2.32. The smallest absolute Gasteiger partial charge is 0.247 e. The van der Waals surface area contributed by atoms with Crippen LogP contribution in [0.4, 0.5) is 0 Å². The van der Waals surface area contributed by atoms with Crippen LogP contribution < -0.4 is 0 Å². The van der Waals surface area contributed by atoms with Crippen LogP contribution in [0.15, 0.2) is 29.6 Å². The second-order valence-electron chi connectivity index (χ2n) is 6.17. The number of rotatable bonds is 4. The Morgan fingerprint density at radius 2 is 1.88 bits per heavy atom. The van der Waals surface area contributed by atoms with Crippen molar-refractivity contribution in [2.75, 3.05) is 26.2 Å². The van der Waals surface area contributed by atoms with E-state index in [1.807, 2.05) is 13.0 Å². The number of aryl methyl sites for hydroxylation is 2. The van der Waals surface area contributed by atoms with Crippen LogP contribution in [-0.2, 0) is 21.9 Å². The van der Waals surface area contributed by atoms with Gasteiger partial charge in [0, 0.05) is 51.3 Å². The molecule has 0 N–H and O–H groups in total. The summed E-state index contributed by atoms with van der Waals surface area (Å²) >= 11 is 0. The minimum absolute atomic E-state index is 0.0507. The SMILES string of the molecule is Cc1ccnn1C(C)C(=O)N1CCN(S(=O)(=O)c2cnn(C)c2)CC1. The zero-order valence-electron chi connectivity index (χ0n) is 14.5. The van der Waals surface area contributed by atoms with E-state index in [1.54, 1.807) is 29.7 Å². The van der Waals surface area contributed by atoms with Gasteiger partial charge in [0.15, 0.2) is 0 Å². The molecule has 1 saturated heterocycles. The van der Waals surface area contributed by atoms with E-state index in [2.05, 4.69) is 10.2 Å². The molecule has 9 nitrogen and oxygen atoms in total. The van der Waals surface area contributed by atoms with Gasteiger partial charge in [-0.25, -0.2) is 8.42 Å². The van der Waals surface area contributed by atoms with Crippen molar-refractivity contribution in [1.82, 2.24) is 28.8 Å². The third kappa shape index (κ3) is 3.31. The molecule has 3 rings (SSSR count). The lowest BCUT2D eigenvalue weighted by molar-refractivity contribution is -0.135. The predicted octanol–water partition coefficient (Wildman–Crippen LogP) is 0.0191. The summed E-state index contributed by atoms with van der Waals surface area (Å²) in [5.41, 5.74) is 0.915. The maximum Gasteiger partial charge on any atom is 0.247 e. The summed E-state index contributed by atoms with van der Waals surface area (Å²) in [5.74, 6) is -0.0507. The first-order valence-electron chi connectivity index (χ1n) is 8.08. The minimum atomic E-state index is -3.57. The van der Waals surface area contributed by atoms with Crippen LogP contribution in [0, 0.1) is 6.92 Å². The van der Waals surface area contributed by atoms with E-state index < -0.39 is 16.1 Å². The van der Waals surface area contributed by atoms with Gasteiger partial charge in [-0.3, -0.25) is 14.2 Å². The molecule has 136 valence electrons. The number of hydrogen-bond donors (Lipinski definition) is 0. The highest BCUT2D eigenvalue weighted by Crippen LogP contribution is 2.19. The topological polar surface area (TPSA) is 93.3 Å². The molecule has 0 spiro atoms. The Morgan fingerprint density at radius 3 is 2.40 bits per heavy atom. The van der Waals surface area contributed by atoms with Crippen molar-refractivity contribution in [2.24, 2.45) is 7.05 Å². The molecule has 1 aliphatic heterocycles. The third-order valence-electron chi connectivity index (χ3n) is 4.46. The first-order chi connectivity index (χ1) is 11.8. The summed E-state index contributed by atoms with van der Waals surface area (Å²) in [6, 6.07) is 1.44. The van der Waals surface area contributed by atoms with Crippen molar-refractivity contribution in [2.45, 2.75) is 24.8 Å². The minimum Gasteiger partial charge on any atom is -0.338 e. The van der Waals surface area contributed by atoms with Gasteiger partial charge in [0.1, 0.15) is 10.9 Å². The van der Waals surface area contributed by atoms with E-state index in [0.29, 0.717) is 13.1 Å². The van der Waals surface area contributed by atoms with Gasteiger partial charge in [-0.2, -0.15) is 14.5 Å². The molecule has 1 fully saturated rings. The van der Waals surface area contributed by atoms with Crippen LogP contribution in [0.1, 0.15) is 18.7 Å². The average molecular weight is 366 g/mol. The third-order valence-corrected chi connectivity index (χ3v) is 6.31. The fourth-order valence-electron chi connectivity index (χ4n) is 2.98. The summed E-state index contributed by atoms with van der Waals surface area (Å²) in [7, 11) is -1.89. The number of aromatic nitrogens is 4. The quantitative estimate of drug-likeness (QED) is 0.760. The number of carbonyl (C=O) groups is 1. The maximum absolute atomic E-state index is 12.7. The van der Waals surface area contributed by atoms with Gasteiger partial charge in [-0.1, -0.05) is 0 Å².